The Morgan fingerprint density at radius 3 is 2.30 bits per heavy atom. The molecule has 4 nitrogen and oxygen atoms in total. The van der Waals surface area contributed by atoms with Gasteiger partial charge in [0.05, 0.1) is 6.04 Å². The molecule has 0 aliphatic carbocycles. The molecule has 3 aromatic carbocycles. The van der Waals surface area contributed by atoms with Gasteiger partial charge in [-0.05, 0) is 48.9 Å². The van der Waals surface area contributed by atoms with Crippen LogP contribution < -0.4 is 5.32 Å². The van der Waals surface area contributed by atoms with E-state index in [1.807, 2.05) is 74.6 Å². The van der Waals surface area contributed by atoms with Crippen LogP contribution in [0.25, 0.3) is 0 Å². The number of carbonyl (C=O) groups is 2. The molecule has 30 heavy (non-hydrogen) atoms. The Kier molecular flexibility index (Phi) is 7.69. The van der Waals surface area contributed by atoms with E-state index in [0.717, 1.165) is 11.3 Å². The summed E-state index contributed by atoms with van der Waals surface area (Å²) < 4.78 is 0. The molecule has 1 unspecified atom stereocenters. The van der Waals surface area contributed by atoms with Crippen LogP contribution >= 0.6 is 11.8 Å². The molecule has 3 rings (SSSR count). The topological polar surface area (TPSA) is 49.4 Å². The van der Waals surface area contributed by atoms with E-state index in [2.05, 4.69) is 17.4 Å². The highest BCUT2D eigenvalue weighted by atomic mass is 32.2. The van der Waals surface area contributed by atoms with Crippen LogP contribution in [0.1, 0.15) is 35.3 Å². The summed E-state index contributed by atoms with van der Waals surface area (Å²) in [6.45, 7) is 2.00. The minimum absolute atomic E-state index is 0.0900. The number of carbonyl (C=O) groups excluding carboxylic acids is 2. The summed E-state index contributed by atoms with van der Waals surface area (Å²) in [6.07, 6.45) is 0.477. The number of thioether (sulfide) groups is 1. The number of nitrogens with zero attached hydrogens (tertiary/aromatic N) is 1. The first-order valence-electron chi connectivity index (χ1n) is 9.94. The van der Waals surface area contributed by atoms with Crippen molar-refractivity contribution in [2.75, 3.05) is 18.1 Å². The first-order valence-corrected chi connectivity index (χ1v) is 10.9. The fraction of sp³-hybridized carbons (Fsp3) is 0.200. The lowest BCUT2D eigenvalue weighted by Crippen LogP contribution is -2.29. The molecular formula is C25H26N2O2S. The molecule has 0 spiro atoms. The van der Waals surface area contributed by atoms with Gasteiger partial charge in [-0.25, -0.2) is 0 Å². The molecule has 3 aromatic rings. The molecule has 0 radical (unpaired) electrons. The minimum atomic E-state index is -0.150. The average Bonchev–Trinajstić information content (AvgIpc) is 2.79. The third-order valence-electron chi connectivity index (χ3n) is 4.97. The SMILES string of the molecule is CC(c1cccc(NC(=O)c2ccccc2)c1)N(C)C(=O)CCSc1ccccc1. The third kappa shape index (κ3) is 5.97. The zero-order chi connectivity index (χ0) is 21.3. The van der Waals surface area contributed by atoms with Crippen LogP contribution in [0.4, 0.5) is 5.69 Å². The number of anilines is 1. The van der Waals surface area contributed by atoms with Crippen LogP contribution in [0.2, 0.25) is 0 Å². The normalized spacial score (nSPS) is 11.5. The number of rotatable bonds is 8. The first kappa shape index (κ1) is 21.7. The van der Waals surface area contributed by atoms with Gasteiger partial charge in [-0.1, -0.05) is 48.5 Å². The average molecular weight is 419 g/mol. The van der Waals surface area contributed by atoms with Gasteiger partial charge < -0.3 is 10.2 Å². The maximum Gasteiger partial charge on any atom is 0.255 e. The molecular weight excluding hydrogens is 392 g/mol. The van der Waals surface area contributed by atoms with E-state index in [-0.39, 0.29) is 17.9 Å². The predicted octanol–water partition coefficient (Wildman–Crippen LogP) is 5.64. The Hall–Kier alpha value is -3.05. The smallest absolute Gasteiger partial charge is 0.255 e. The molecule has 154 valence electrons. The van der Waals surface area contributed by atoms with E-state index in [1.165, 1.54) is 4.90 Å². The zero-order valence-electron chi connectivity index (χ0n) is 17.2. The molecule has 0 bridgehead atoms. The Balaban J connectivity index is 1.57. The van der Waals surface area contributed by atoms with Crippen molar-refractivity contribution in [1.29, 1.82) is 0 Å². The number of amides is 2. The van der Waals surface area contributed by atoms with Crippen LogP contribution in [0.5, 0.6) is 0 Å². The second-order valence-corrected chi connectivity index (χ2v) is 8.21. The lowest BCUT2D eigenvalue weighted by Gasteiger charge is -2.26. The van der Waals surface area contributed by atoms with E-state index in [9.17, 15) is 9.59 Å². The van der Waals surface area contributed by atoms with E-state index in [4.69, 9.17) is 0 Å². The Morgan fingerprint density at radius 1 is 0.933 bits per heavy atom. The van der Waals surface area contributed by atoms with E-state index < -0.39 is 0 Å². The van der Waals surface area contributed by atoms with Crippen molar-refractivity contribution in [2.24, 2.45) is 0 Å². The second kappa shape index (κ2) is 10.6. The lowest BCUT2D eigenvalue weighted by atomic mass is 10.1. The Morgan fingerprint density at radius 2 is 1.60 bits per heavy atom. The second-order valence-electron chi connectivity index (χ2n) is 7.04. The number of hydrogen-bond donors (Lipinski definition) is 1. The molecule has 0 saturated carbocycles. The van der Waals surface area contributed by atoms with E-state index >= 15 is 0 Å². The molecule has 5 heteroatoms. The van der Waals surface area contributed by atoms with Crippen LogP contribution in [0.3, 0.4) is 0 Å². The van der Waals surface area contributed by atoms with Crippen molar-refractivity contribution in [3.63, 3.8) is 0 Å². The number of benzene rings is 3. The van der Waals surface area contributed by atoms with Crippen molar-refractivity contribution < 1.29 is 9.59 Å². The monoisotopic (exact) mass is 418 g/mol. The molecule has 2 amide bonds. The highest BCUT2D eigenvalue weighted by molar-refractivity contribution is 7.99. The zero-order valence-corrected chi connectivity index (χ0v) is 18.1. The van der Waals surface area contributed by atoms with Gasteiger partial charge in [0, 0.05) is 35.4 Å². The molecule has 0 saturated heterocycles. The summed E-state index contributed by atoms with van der Waals surface area (Å²) in [5, 5.41) is 2.93. The Bertz CT molecular complexity index is 977. The largest absolute Gasteiger partial charge is 0.339 e. The van der Waals surface area contributed by atoms with E-state index in [0.29, 0.717) is 17.7 Å². The van der Waals surface area contributed by atoms with Gasteiger partial charge >= 0.3 is 0 Å². The van der Waals surface area contributed by atoms with Crippen molar-refractivity contribution in [3.8, 4) is 0 Å². The summed E-state index contributed by atoms with van der Waals surface area (Å²) >= 11 is 1.69. The highest BCUT2D eigenvalue weighted by Crippen LogP contribution is 2.24. The third-order valence-corrected chi connectivity index (χ3v) is 5.98. The summed E-state index contributed by atoms with van der Waals surface area (Å²) in [5.41, 5.74) is 2.31. The molecule has 0 aliphatic heterocycles. The van der Waals surface area contributed by atoms with Gasteiger partial charge in [-0.15, -0.1) is 11.8 Å². The summed E-state index contributed by atoms with van der Waals surface area (Å²) in [5.74, 6) is 0.694. The molecule has 1 atom stereocenters. The summed E-state index contributed by atoms with van der Waals surface area (Å²) in [4.78, 5) is 28.0. The molecule has 1 N–H and O–H groups in total. The van der Waals surface area contributed by atoms with Crippen LogP contribution in [-0.2, 0) is 4.79 Å². The standard InChI is InChI=1S/C25H26N2O2S/c1-19(27(2)24(28)16-17-30-23-14-7-4-8-15-23)21-12-9-13-22(18-21)26-25(29)20-10-5-3-6-11-20/h3-15,18-19H,16-17H2,1-2H3,(H,26,29). The van der Waals surface area contributed by atoms with Crippen LogP contribution in [0.15, 0.2) is 89.8 Å². The predicted molar refractivity (Wildman–Crippen MR) is 124 cm³/mol. The number of nitrogens with one attached hydrogen (secondary N) is 1. The Labute approximate surface area is 182 Å². The van der Waals surface area contributed by atoms with Gasteiger partial charge in [-0.3, -0.25) is 9.59 Å². The van der Waals surface area contributed by atoms with Crippen molar-refractivity contribution >= 4 is 29.3 Å². The first-order chi connectivity index (χ1) is 14.5. The van der Waals surface area contributed by atoms with Crippen LogP contribution in [-0.4, -0.2) is 29.5 Å². The maximum atomic E-state index is 12.6. The molecule has 0 fully saturated rings. The van der Waals surface area contributed by atoms with Crippen molar-refractivity contribution in [2.45, 2.75) is 24.3 Å². The molecule has 0 aromatic heterocycles. The minimum Gasteiger partial charge on any atom is -0.339 e. The van der Waals surface area contributed by atoms with Gasteiger partial charge in [-0.2, -0.15) is 0 Å². The molecule has 0 heterocycles. The molecule has 0 aliphatic rings. The summed E-state index contributed by atoms with van der Waals surface area (Å²) in [7, 11) is 1.83. The fourth-order valence-corrected chi connectivity index (χ4v) is 3.92. The highest BCUT2D eigenvalue weighted by Gasteiger charge is 2.18. The number of hydrogen-bond acceptors (Lipinski definition) is 3. The lowest BCUT2D eigenvalue weighted by molar-refractivity contribution is -0.131. The van der Waals surface area contributed by atoms with Gasteiger partial charge in [0.2, 0.25) is 5.91 Å². The fourth-order valence-electron chi connectivity index (χ4n) is 3.06. The summed E-state index contributed by atoms with van der Waals surface area (Å²) in [6, 6.07) is 26.8. The van der Waals surface area contributed by atoms with Gasteiger partial charge in [0.25, 0.3) is 5.91 Å². The van der Waals surface area contributed by atoms with E-state index in [1.54, 1.807) is 28.8 Å². The van der Waals surface area contributed by atoms with Crippen molar-refractivity contribution in [3.05, 3.63) is 96.1 Å². The van der Waals surface area contributed by atoms with Gasteiger partial charge in [0.1, 0.15) is 0 Å². The van der Waals surface area contributed by atoms with Crippen LogP contribution in [0, 0.1) is 0 Å². The maximum absolute atomic E-state index is 12.6. The van der Waals surface area contributed by atoms with Crippen molar-refractivity contribution in [1.82, 2.24) is 4.90 Å². The van der Waals surface area contributed by atoms with Gasteiger partial charge in [0.15, 0.2) is 0 Å². The quantitative estimate of drug-likeness (QED) is 0.482.